The molecule has 0 spiro atoms. The smallest absolute Gasteiger partial charge is 0.273 e. The van der Waals surface area contributed by atoms with Gasteiger partial charge in [0, 0.05) is 5.39 Å². The molecule has 0 aliphatic rings. The third kappa shape index (κ3) is 5.72. The Morgan fingerprint density at radius 1 is 1.05 bits per heavy atom. The van der Waals surface area contributed by atoms with Gasteiger partial charge in [-0.05, 0) is 36.1 Å². The van der Waals surface area contributed by atoms with Gasteiger partial charge in [0.25, 0.3) is 11.8 Å². The molecule has 4 rings (SSSR count). The fourth-order valence-corrected chi connectivity index (χ4v) is 4.03. The molecule has 198 valence electrons. The number of aryl methyl sites for hydroxylation is 1. The molecule has 0 radical (unpaired) electrons. The van der Waals surface area contributed by atoms with Crippen LogP contribution in [-0.2, 0) is 11.3 Å². The number of fused-ring (bicyclic) bond motifs is 1. The van der Waals surface area contributed by atoms with Gasteiger partial charge in [0.1, 0.15) is 17.6 Å². The van der Waals surface area contributed by atoms with E-state index >= 15 is 0 Å². The molecule has 4 N–H and O–H groups in total. The number of nitrogens with zero attached hydrogens (tertiary/aromatic N) is 3. The van der Waals surface area contributed by atoms with Crippen molar-refractivity contribution in [2.24, 2.45) is 11.1 Å². The standard InChI is InChI=1S/C27H29FN6O4/c1-15-21(24(36)30-13-20(29)35)31-26(38-15)23(27(2,3)4)32-25(37)22-18-7-5-6-8-19(18)34(33-22)14-16-9-11-17(28)12-10-16/h5-12,23H,13-14H2,1-4H3,(H2,29,35)(H,30,36)(H,32,37)/t23-/m1/s1. The second kappa shape index (κ2) is 10.4. The van der Waals surface area contributed by atoms with Gasteiger partial charge in [0.05, 0.1) is 18.6 Å². The monoisotopic (exact) mass is 520 g/mol. The number of amides is 3. The Labute approximate surface area is 218 Å². The van der Waals surface area contributed by atoms with Gasteiger partial charge in [-0.25, -0.2) is 9.37 Å². The van der Waals surface area contributed by atoms with Crippen LogP contribution in [0.4, 0.5) is 4.39 Å². The number of primary amides is 1. The quantitative estimate of drug-likeness (QED) is 0.325. The molecule has 11 heteroatoms. The molecule has 4 aromatic rings. The molecule has 2 aromatic heterocycles. The van der Waals surface area contributed by atoms with Crippen LogP contribution in [0.1, 0.15) is 65.0 Å². The Bertz CT molecular complexity index is 1500. The Morgan fingerprint density at radius 3 is 2.39 bits per heavy atom. The zero-order valence-electron chi connectivity index (χ0n) is 21.5. The first-order valence-electron chi connectivity index (χ1n) is 12.0. The first-order chi connectivity index (χ1) is 17.9. The number of halogens is 1. The van der Waals surface area contributed by atoms with Crippen molar-refractivity contribution in [3.05, 3.63) is 83.0 Å². The van der Waals surface area contributed by atoms with Crippen LogP contribution in [0.25, 0.3) is 10.9 Å². The highest BCUT2D eigenvalue weighted by atomic mass is 19.1. The minimum atomic E-state index is -0.715. The van der Waals surface area contributed by atoms with E-state index in [1.54, 1.807) is 29.8 Å². The summed E-state index contributed by atoms with van der Waals surface area (Å²) in [5.74, 6) is -1.70. The first kappa shape index (κ1) is 26.5. The third-order valence-electron chi connectivity index (χ3n) is 5.96. The highest BCUT2D eigenvalue weighted by Crippen LogP contribution is 2.34. The van der Waals surface area contributed by atoms with Gasteiger partial charge < -0.3 is 20.8 Å². The predicted octanol–water partition coefficient (Wildman–Crippen LogP) is 3.25. The fraction of sp³-hybridized carbons (Fsp3) is 0.296. The van der Waals surface area contributed by atoms with Crippen LogP contribution in [0.3, 0.4) is 0 Å². The van der Waals surface area contributed by atoms with Crippen molar-refractivity contribution in [2.45, 2.75) is 40.3 Å². The van der Waals surface area contributed by atoms with E-state index < -0.39 is 29.2 Å². The van der Waals surface area contributed by atoms with Gasteiger partial charge >= 0.3 is 0 Å². The molecule has 2 aromatic carbocycles. The lowest BCUT2D eigenvalue weighted by molar-refractivity contribution is -0.117. The fourth-order valence-electron chi connectivity index (χ4n) is 4.03. The summed E-state index contributed by atoms with van der Waals surface area (Å²) in [5, 5.41) is 10.6. The molecule has 3 amide bonds. The highest BCUT2D eigenvalue weighted by molar-refractivity contribution is 6.05. The summed E-state index contributed by atoms with van der Waals surface area (Å²) >= 11 is 0. The van der Waals surface area contributed by atoms with Crippen LogP contribution in [0.5, 0.6) is 0 Å². The Hall–Kier alpha value is -4.54. The van der Waals surface area contributed by atoms with E-state index in [-0.39, 0.29) is 35.4 Å². The van der Waals surface area contributed by atoms with E-state index in [1.807, 2.05) is 39.0 Å². The van der Waals surface area contributed by atoms with Gasteiger partial charge in [-0.1, -0.05) is 51.1 Å². The second-order valence-electron chi connectivity index (χ2n) is 10.0. The maximum atomic E-state index is 13.6. The number of carbonyl (C=O) groups excluding carboxylic acids is 3. The largest absolute Gasteiger partial charge is 0.443 e. The molecule has 0 fully saturated rings. The Balaban J connectivity index is 1.64. The van der Waals surface area contributed by atoms with Crippen molar-refractivity contribution in [2.75, 3.05) is 6.54 Å². The molecule has 0 aliphatic heterocycles. The summed E-state index contributed by atoms with van der Waals surface area (Å²) in [6.45, 7) is 7.27. The van der Waals surface area contributed by atoms with Crippen LogP contribution in [-0.4, -0.2) is 39.0 Å². The summed E-state index contributed by atoms with van der Waals surface area (Å²) in [6, 6.07) is 12.7. The van der Waals surface area contributed by atoms with Crippen LogP contribution in [0.2, 0.25) is 0 Å². The molecule has 0 bridgehead atoms. The molecular formula is C27H29FN6O4. The molecule has 0 aliphatic carbocycles. The molecule has 2 heterocycles. The number of oxazole rings is 1. The zero-order chi connectivity index (χ0) is 27.6. The number of aromatic nitrogens is 3. The van der Waals surface area contributed by atoms with Gasteiger partial charge in [0.2, 0.25) is 11.8 Å². The third-order valence-corrected chi connectivity index (χ3v) is 5.96. The van der Waals surface area contributed by atoms with Crippen molar-refractivity contribution in [1.29, 1.82) is 0 Å². The number of nitrogens with one attached hydrogen (secondary N) is 2. The van der Waals surface area contributed by atoms with Crippen LogP contribution in [0, 0.1) is 18.2 Å². The first-order valence-corrected chi connectivity index (χ1v) is 12.0. The molecule has 0 unspecified atom stereocenters. The summed E-state index contributed by atoms with van der Waals surface area (Å²) in [7, 11) is 0. The summed E-state index contributed by atoms with van der Waals surface area (Å²) < 4.78 is 20.8. The number of rotatable bonds is 8. The lowest BCUT2D eigenvalue weighted by Gasteiger charge is -2.28. The average Bonchev–Trinajstić information content (AvgIpc) is 3.42. The van der Waals surface area contributed by atoms with E-state index in [9.17, 15) is 18.8 Å². The molecule has 0 saturated carbocycles. The number of carbonyl (C=O) groups is 3. The maximum absolute atomic E-state index is 13.6. The minimum Gasteiger partial charge on any atom is -0.443 e. The number of benzene rings is 2. The van der Waals surface area contributed by atoms with E-state index in [4.69, 9.17) is 10.2 Å². The second-order valence-corrected chi connectivity index (χ2v) is 10.0. The van der Waals surface area contributed by atoms with Gasteiger partial charge in [-0.3, -0.25) is 19.1 Å². The summed E-state index contributed by atoms with van der Waals surface area (Å²) in [4.78, 5) is 41.4. The van der Waals surface area contributed by atoms with Gasteiger partial charge in [-0.15, -0.1) is 0 Å². The van der Waals surface area contributed by atoms with E-state index in [0.717, 1.165) is 11.1 Å². The number of para-hydroxylation sites is 1. The number of hydrogen-bond acceptors (Lipinski definition) is 6. The van der Waals surface area contributed by atoms with Crippen molar-refractivity contribution >= 4 is 28.6 Å². The van der Waals surface area contributed by atoms with Crippen molar-refractivity contribution in [3.63, 3.8) is 0 Å². The zero-order valence-corrected chi connectivity index (χ0v) is 21.5. The molecular weight excluding hydrogens is 491 g/mol. The van der Waals surface area contributed by atoms with Crippen molar-refractivity contribution in [3.8, 4) is 0 Å². The van der Waals surface area contributed by atoms with Crippen LogP contribution < -0.4 is 16.4 Å². The molecule has 38 heavy (non-hydrogen) atoms. The molecule has 10 nitrogen and oxygen atoms in total. The summed E-state index contributed by atoms with van der Waals surface area (Å²) in [5.41, 5.74) is 6.33. The lowest BCUT2D eigenvalue weighted by atomic mass is 9.86. The lowest BCUT2D eigenvalue weighted by Crippen LogP contribution is -2.37. The van der Waals surface area contributed by atoms with Gasteiger partial charge in [0.15, 0.2) is 11.4 Å². The SMILES string of the molecule is Cc1oc([C@@H](NC(=O)c2nn(Cc3ccc(F)cc3)c3ccccc23)C(C)(C)C)nc1C(=O)NCC(N)=O. The molecule has 1 atom stereocenters. The van der Waals surface area contributed by atoms with Crippen molar-refractivity contribution in [1.82, 2.24) is 25.4 Å². The average molecular weight is 521 g/mol. The van der Waals surface area contributed by atoms with Crippen molar-refractivity contribution < 1.29 is 23.2 Å². The van der Waals surface area contributed by atoms with E-state index in [0.29, 0.717) is 11.9 Å². The van der Waals surface area contributed by atoms with Gasteiger partial charge in [-0.2, -0.15) is 5.10 Å². The highest BCUT2D eigenvalue weighted by Gasteiger charge is 2.35. The maximum Gasteiger partial charge on any atom is 0.273 e. The molecule has 0 saturated heterocycles. The van der Waals surface area contributed by atoms with E-state index in [1.165, 1.54) is 12.1 Å². The Kier molecular flexibility index (Phi) is 7.29. The predicted molar refractivity (Wildman–Crippen MR) is 138 cm³/mol. The minimum absolute atomic E-state index is 0.00113. The van der Waals surface area contributed by atoms with Crippen LogP contribution >= 0.6 is 0 Å². The normalized spacial score (nSPS) is 12.3. The van der Waals surface area contributed by atoms with Crippen LogP contribution in [0.15, 0.2) is 52.9 Å². The number of nitrogens with two attached hydrogens (primary N) is 1. The topological polar surface area (TPSA) is 145 Å². The summed E-state index contributed by atoms with van der Waals surface area (Å²) in [6.07, 6.45) is 0. The number of hydrogen-bond donors (Lipinski definition) is 3. The Morgan fingerprint density at radius 2 is 1.74 bits per heavy atom. The van der Waals surface area contributed by atoms with E-state index in [2.05, 4.69) is 20.7 Å².